The molecule has 3 aromatic rings. The van der Waals surface area contributed by atoms with Crippen molar-refractivity contribution in [2.45, 2.75) is 71.5 Å². The van der Waals surface area contributed by atoms with Gasteiger partial charge in [-0.25, -0.2) is 4.98 Å². The van der Waals surface area contributed by atoms with Gasteiger partial charge in [-0.3, -0.25) is 9.20 Å². The van der Waals surface area contributed by atoms with Crippen molar-refractivity contribution in [3.05, 3.63) is 65.0 Å². The molecular formula is C26H35N5O. The van der Waals surface area contributed by atoms with E-state index in [1.807, 2.05) is 42.6 Å². The topological polar surface area (TPSA) is 84.5 Å². The highest BCUT2D eigenvalue weighted by Gasteiger charge is 2.20. The fraction of sp³-hybridized carbons (Fsp3) is 0.462. The number of nitrogens with one attached hydrogen (secondary N) is 2. The molecule has 0 saturated heterocycles. The summed E-state index contributed by atoms with van der Waals surface area (Å²) < 4.78 is 2.10. The Kier molecular flexibility index (Phi) is 7.10. The van der Waals surface area contributed by atoms with Gasteiger partial charge in [0.05, 0.1) is 5.69 Å². The SMILES string of the molecule is CC(C)Cc1nc2cc(C(=O)NCc3cccc(CN)c3)ccn2c1NC1CCCCC1. The number of hydrogen-bond donors (Lipinski definition) is 3. The number of pyridine rings is 1. The van der Waals surface area contributed by atoms with E-state index in [4.69, 9.17) is 10.7 Å². The second kappa shape index (κ2) is 10.2. The lowest BCUT2D eigenvalue weighted by Gasteiger charge is -2.24. The van der Waals surface area contributed by atoms with Crippen molar-refractivity contribution in [3.8, 4) is 0 Å². The summed E-state index contributed by atoms with van der Waals surface area (Å²) in [6.07, 6.45) is 9.20. The van der Waals surface area contributed by atoms with E-state index in [0.29, 0.717) is 30.6 Å². The van der Waals surface area contributed by atoms with E-state index in [-0.39, 0.29) is 5.91 Å². The smallest absolute Gasteiger partial charge is 0.251 e. The van der Waals surface area contributed by atoms with E-state index >= 15 is 0 Å². The van der Waals surface area contributed by atoms with Gasteiger partial charge in [-0.1, -0.05) is 57.4 Å². The fourth-order valence-electron chi connectivity index (χ4n) is 4.51. The van der Waals surface area contributed by atoms with Crippen LogP contribution in [0.1, 0.15) is 73.1 Å². The number of nitrogens with two attached hydrogens (primary N) is 1. The number of anilines is 1. The van der Waals surface area contributed by atoms with Gasteiger partial charge >= 0.3 is 0 Å². The Morgan fingerprint density at radius 1 is 1.16 bits per heavy atom. The van der Waals surface area contributed by atoms with Gasteiger partial charge in [0.2, 0.25) is 0 Å². The summed E-state index contributed by atoms with van der Waals surface area (Å²) in [5.74, 6) is 1.51. The van der Waals surface area contributed by atoms with E-state index in [9.17, 15) is 4.79 Å². The summed E-state index contributed by atoms with van der Waals surface area (Å²) in [6.45, 7) is 5.40. The first-order valence-electron chi connectivity index (χ1n) is 11.9. The molecule has 1 saturated carbocycles. The molecule has 0 spiro atoms. The average Bonchev–Trinajstić information content (AvgIpc) is 3.13. The maximum Gasteiger partial charge on any atom is 0.251 e. The summed E-state index contributed by atoms with van der Waals surface area (Å²) in [5, 5.41) is 6.79. The van der Waals surface area contributed by atoms with Gasteiger partial charge in [0.1, 0.15) is 11.5 Å². The van der Waals surface area contributed by atoms with Gasteiger partial charge in [-0.15, -0.1) is 0 Å². The molecule has 1 aliphatic rings. The summed E-state index contributed by atoms with van der Waals surface area (Å²) in [5.41, 5.74) is 10.3. The van der Waals surface area contributed by atoms with Crippen LogP contribution in [0.4, 0.5) is 5.82 Å². The van der Waals surface area contributed by atoms with Gasteiger partial charge in [0.15, 0.2) is 0 Å². The third-order valence-electron chi connectivity index (χ3n) is 6.19. The Balaban J connectivity index is 1.53. The van der Waals surface area contributed by atoms with Crippen molar-refractivity contribution < 1.29 is 4.79 Å². The molecule has 1 aliphatic carbocycles. The van der Waals surface area contributed by atoms with Gasteiger partial charge in [0.25, 0.3) is 5.91 Å². The first kappa shape index (κ1) is 22.3. The standard InChI is InChI=1S/C26H35N5O/c1-18(2)13-23-25(29-22-9-4-3-5-10-22)31-12-11-21(15-24(31)30-23)26(32)28-17-20-8-6-7-19(14-20)16-27/h6-8,11-12,14-15,18,22,29H,3-5,9-10,13,16-17,27H2,1-2H3,(H,28,32). The zero-order valence-electron chi connectivity index (χ0n) is 19.2. The monoisotopic (exact) mass is 433 g/mol. The molecule has 1 aromatic carbocycles. The van der Waals surface area contributed by atoms with Crippen LogP contribution >= 0.6 is 0 Å². The highest BCUT2D eigenvalue weighted by molar-refractivity contribution is 5.95. The highest BCUT2D eigenvalue weighted by Crippen LogP contribution is 2.27. The number of aromatic nitrogens is 2. The lowest BCUT2D eigenvalue weighted by molar-refractivity contribution is 0.0951. The summed E-state index contributed by atoms with van der Waals surface area (Å²) in [7, 11) is 0. The first-order valence-corrected chi connectivity index (χ1v) is 11.9. The van der Waals surface area contributed by atoms with Gasteiger partial charge in [-0.2, -0.15) is 0 Å². The lowest BCUT2D eigenvalue weighted by atomic mass is 9.95. The quantitative estimate of drug-likeness (QED) is 0.482. The Morgan fingerprint density at radius 2 is 1.94 bits per heavy atom. The van der Waals surface area contributed by atoms with Gasteiger partial charge in [-0.05, 0) is 48.4 Å². The predicted molar refractivity (Wildman–Crippen MR) is 130 cm³/mol. The van der Waals surface area contributed by atoms with Crippen molar-refractivity contribution in [1.29, 1.82) is 0 Å². The minimum absolute atomic E-state index is 0.0964. The molecule has 1 fully saturated rings. The Labute approximate surface area is 190 Å². The molecule has 32 heavy (non-hydrogen) atoms. The van der Waals surface area contributed by atoms with Gasteiger partial charge in [0, 0.05) is 30.9 Å². The molecule has 6 heteroatoms. The Morgan fingerprint density at radius 3 is 2.69 bits per heavy atom. The van der Waals surface area contributed by atoms with Crippen LogP contribution in [0, 0.1) is 5.92 Å². The molecule has 2 aromatic heterocycles. The Bertz CT molecular complexity index is 1070. The molecule has 170 valence electrons. The molecule has 4 N–H and O–H groups in total. The van der Waals surface area contributed by atoms with Crippen molar-refractivity contribution in [3.63, 3.8) is 0 Å². The average molecular weight is 434 g/mol. The minimum Gasteiger partial charge on any atom is -0.367 e. The number of amides is 1. The molecule has 0 bridgehead atoms. The number of rotatable bonds is 8. The molecule has 4 rings (SSSR count). The number of hydrogen-bond acceptors (Lipinski definition) is 4. The van der Waals surface area contributed by atoms with E-state index in [1.54, 1.807) is 0 Å². The van der Waals surface area contributed by atoms with Crippen LogP contribution in [0.3, 0.4) is 0 Å². The zero-order valence-corrected chi connectivity index (χ0v) is 19.2. The van der Waals surface area contributed by atoms with Crippen LogP contribution in [0.5, 0.6) is 0 Å². The van der Waals surface area contributed by atoms with Crippen molar-refractivity contribution in [1.82, 2.24) is 14.7 Å². The number of nitrogens with zero attached hydrogens (tertiary/aromatic N) is 2. The van der Waals surface area contributed by atoms with Crippen molar-refractivity contribution in [2.75, 3.05) is 5.32 Å². The highest BCUT2D eigenvalue weighted by atomic mass is 16.1. The summed E-state index contributed by atoms with van der Waals surface area (Å²) in [6, 6.07) is 12.3. The van der Waals surface area contributed by atoms with Crippen LogP contribution in [0.15, 0.2) is 42.6 Å². The van der Waals surface area contributed by atoms with Crippen molar-refractivity contribution >= 4 is 17.4 Å². The normalized spacial score (nSPS) is 14.8. The number of carbonyl (C=O) groups is 1. The maximum absolute atomic E-state index is 12.8. The second-order valence-electron chi connectivity index (χ2n) is 9.33. The van der Waals surface area contributed by atoms with E-state index < -0.39 is 0 Å². The van der Waals surface area contributed by atoms with E-state index in [2.05, 4.69) is 28.9 Å². The molecule has 0 atom stereocenters. The third-order valence-corrected chi connectivity index (χ3v) is 6.19. The van der Waals surface area contributed by atoms with Crippen molar-refractivity contribution in [2.24, 2.45) is 11.7 Å². The zero-order chi connectivity index (χ0) is 22.5. The summed E-state index contributed by atoms with van der Waals surface area (Å²) >= 11 is 0. The van der Waals surface area contributed by atoms with Crippen LogP contribution < -0.4 is 16.4 Å². The van der Waals surface area contributed by atoms with E-state index in [1.165, 1.54) is 32.1 Å². The number of benzene rings is 1. The van der Waals surface area contributed by atoms with Gasteiger partial charge < -0.3 is 16.4 Å². The number of fused-ring (bicyclic) bond motifs is 1. The first-order chi connectivity index (χ1) is 15.5. The number of carbonyl (C=O) groups excluding carboxylic acids is 1. The molecule has 0 unspecified atom stereocenters. The molecular weight excluding hydrogens is 398 g/mol. The fourth-order valence-corrected chi connectivity index (χ4v) is 4.51. The predicted octanol–water partition coefficient (Wildman–Crippen LogP) is 4.67. The molecule has 0 radical (unpaired) electrons. The van der Waals surface area contributed by atoms with Crippen LogP contribution in [0.25, 0.3) is 5.65 Å². The van der Waals surface area contributed by atoms with Crippen LogP contribution in [-0.2, 0) is 19.5 Å². The Hall–Kier alpha value is -2.86. The van der Waals surface area contributed by atoms with Crippen LogP contribution in [0.2, 0.25) is 0 Å². The summed E-state index contributed by atoms with van der Waals surface area (Å²) in [4.78, 5) is 17.7. The lowest BCUT2D eigenvalue weighted by Crippen LogP contribution is -2.24. The minimum atomic E-state index is -0.0964. The largest absolute Gasteiger partial charge is 0.367 e. The maximum atomic E-state index is 12.8. The molecule has 1 amide bonds. The third kappa shape index (κ3) is 5.30. The molecule has 6 nitrogen and oxygen atoms in total. The number of imidazole rings is 1. The van der Waals surface area contributed by atoms with Crippen LogP contribution in [-0.4, -0.2) is 21.3 Å². The second-order valence-corrected chi connectivity index (χ2v) is 9.33. The molecule has 0 aliphatic heterocycles. The molecule has 2 heterocycles. The van der Waals surface area contributed by atoms with E-state index in [0.717, 1.165) is 34.7 Å².